The summed E-state index contributed by atoms with van der Waals surface area (Å²) in [7, 11) is -3.82. The highest BCUT2D eigenvalue weighted by Crippen LogP contribution is 2.27. The number of ether oxygens (including phenoxy) is 1. The van der Waals surface area contributed by atoms with Crippen LogP contribution in [0.5, 0.6) is 5.75 Å². The standard InChI is InChI=1S/C11H10N2O4S2/c1-2-3-10(14)17-7-4-5-9-8(6-7)13-11(18-9)19(12,15)16/h2-6H,1H3,(H2,12,15,16). The molecule has 1 aromatic carbocycles. The number of allylic oxidation sites excluding steroid dienone is 1. The Kier molecular flexibility index (Phi) is 3.65. The SMILES string of the molecule is CC=CC(=O)Oc1ccc2sc(S(N)(=O)=O)nc2c1. The summed E-state index contributed by atoms with van der Waals surface area (Å²) in [5, 5.41) is 5.00. The minimum atomic E-state index is -3.82. The summed E-state index contributed by atoms with van der Waals surface area (Å²) in [6.07, 6.45) is 2.84. The third kappa shape index (κ3) is 3.16. The minimum absolute atomic E-state index is 0.167. The number of fused-ring (bicyclic) bond motifs is 1. The maximum Gasteiger partial charge on any atom is 0.335 e. The number of nitrogens with two attached hydrogens (primary N) is 1. The van der Waals surface area contributed by atoms with Gasteiger partial charge < -0.3 is 4.74 Å². The zero-order valence-electron chi connectivity index (χ0n) is 9.86. The molecule has 0 fully saturated rings. The lowest BCUT2D eigenvalue weighted by Gasteiger charge is -1.99. The molecule has 1 aromatic heterocycles. The van der Waals surface area contributed by atoms with E-state index in [0.717, 1.165) is 11.3 Å². The second-order valence-corrected chi connectivity index (χ2v) is 6.34. The van der Waals surface area contributed by atoms with Crippen LogP contribution in [0.2, 0.25) is 0 Å². The number of sulfonamides is 1. The lowest BCUT2D eigenvalue weighted by molar-refractivity contribution is -0.128. The van der Waals surface area contributed by atoms with Crippen LogP contribution in [-0.2, 0) is 14.8 Å². The van der Waals surface area contributed by atoms with Crippen molar-refractivity contribution in [1.82, 2.24) is 4.98 Å². The highest BCUT2D eigenvalue weighted by molar-refractivity contribution is 7.91. The van der Waals surface area contributed by atoms with E-state index < -0.39 is 16.0 Å². The number of carbonyl (C=O) groups is 1. The maximum atomic E-state index is 11.3. The van der Waals surface area contributed by atoms with Crippen LogP contribution in [0.3, 0.4) is 0 Å². The Morgan fingerprint density at radius 3 is 2.84 bits per heavy atom. The number of hydrogen-bond donors (Lipinski definition) is 1. The maximum absolute atomic E-state index is 11.3. The smallest absolute Gasteiger partial charge is 0.335 e. The first kappa shape index (κ1) is 13.7. The number of hydrogen-bond acceptors (Lipinski definition) is 6. The summed E-state index contributed by atoms with van der Waals surface area (Å²) in [5.41, 5.74) is 0.416. The van der Waals surface area contributed by atoms with Crippen molar-refractivity contribution in [1.29, 1.82) is 0 Å². The number of nitrogens with zero attached hydrogens (tertiary/aromatic N) is 1. The molecule has 0 amide bonds. The van der Waals surface area contributed by atoms with Crippen molar-refractivity contribution in [3.05, 3.63) is 30.4 Å². The van der Waals surface area contributed by atoms with Gasteiger partial charge in [0.2, 0.25) is 4.34 Å². The van der Waals surface area contributed by atoms with Gasteiger partial charge >= 0.3 is 5.97 Å². The third-order valence-corrected chi connectivity index (χ3v) is 4.46. The molecule has 1 heterocycles. The van der Waals surface area contributed by atoms with Gasteiger partial charge in [-0.15, -0.1) is 11.3 Å². The van der Waals surface area contributed by atoms with Crippen molar-refractivity contribution in [3.8, 4) is 5.75 Å². The molecule has 2 aromatic rings. The molecule has 0 aliphatic rings. The number of primary sulfonamides is 1. The van der Waals surface area contributed by atoms with E-state index >= 15 is 0 Å². The van der Waals surface area contributed by atoms with Crippen LogP contribution in [0.1, 0.15) is 6.92 Å². The Hall–Kier alpha value is -1.77. The van der Waals surface area contributed by atoms with E-state index in [1.54, 1.807) is 25.1 Å². The van der Waals surface area contributed by atoms with Gasteiger partial charge in [0.25, 0.3) is 10.0 Å². The molecule has 0 aliphatic carbocycles. The van der Waals surface area contributed by atoms with Crippen molar-refractivity contribution in [3.63, 3.8) is 0 Å². The van der Waals surface area contributed by atoms with Crippen LogP contribution < -0.4 is 9.88 Å². The van der Waals surface area contributed by atoms with Crippen LogP contribution in [0, 0.1) is 0 Å². The topological polar surface area (TPSA) is 99.4 Å². The number of esters is 1. The van der Waals surface area contributed by atoms with Crippen molar-refractivity contribution in [2.75, 3.05) is 0 Å². The molecule has 100 valence electrons. The van der Waals surface area contributed by atoms with E-state index in [-0.39, 0.29) is 4.34 Å². The van der Waals surface area contributed by atoms with E-state index in [1.807, 2.05) is 0 Å². The summed E-state index contributed by atoms with van der Waals surface area (Å²) in [6, 6.07) is 4.68. The molecule has 0 saturated heterocycles. The molecule has 8 heteroatoms. The monoisotopic (exact) mass is 298 g/mol. The molecule has 0 radical (unpaired) electrons. The molecule has 0 aliphatic heterocycles. The van der Waals surface area contributed by atoms with Gasteiger partial charge in [-0.3, -0.25) is 0 Å². The molecule has 0 unspecified atom stereocenters. The molecule has 6 nitrogen and oxygen atoms in total. The summed E-state index contributed by atoms with van der Waals surface area (Å²) in [6.45, 7) is 1.70. The highest BCUT2D eigenvalue weighted by atomic mass is 32.2. The molecule has 2 N–H and O–H groups in total. The quantitative estimate of drug-likeness (QED) is 0.525. The number of rotatable bonds is 3. The van der Waals surface area contributed by atoms with Crippen LogP contribution in [-0.4, -0.2) is 19.4 Å². The second-order valence-electron chi connectivity index (χ2n) is 3.58. The van der Waals surface area contributed by atoms with Gasteiger partial charge in [0.05, 0.1) is 10.2 Å². The van der Waals surface area contributed by atoms with Gasteiger partial charge in [-0.05, 0) is 19.1 Å². The number of thiazole rings is 1. The predicted molar refractivity (Wildman–Crippen MR) is 71.4 cm³/mol. The molecule has 0 spiro atoms. The van der Waals surface area contributed by atoms with Crippen molar-refractivity contribution < 1.29 is 17.9 Å². The van der Waals surface area contributed by atoms with E-state index in [2.05, 4.69) is 4.98 Å². The Morgan fingerprint density at radius 2 is 2.21 bits per heavy atom. The van der Waals surface area contributed by atoms with E-state index in [4.69, 9.17) is 9.88 Å². The molecule has 0 atom stereocenters. The van der Waals surface area contributed by atoms with E-state index in [9.17, 15) is 13.2 Å². The number of benzene rings is 1. The number of aromatic nitrogens is 1. The fourth-order valence-electron chi connectivity index (χ4n) is 1.36. The Morgan fingerprint density at radius 1 is 1.47 bits per heavy atom. The molecule has 0 bridgehead atoms. The molecule has 19 heavy (non-hydrogen) atoms. The van der Waals surface area contributed by atoms with Gasteiger partial charge in [-0.1, -0.05) is 6.08 Å². The summed E-state index contributed by atoms with van der Waals surface area (Å²) in [4.78, 5) is 15.2. The zero-order chi connectivity index (χ0) is 14.0. The summed E-state index contributed by atoms with van der Waals surface area (Å²) >= 11 is 0.964. The molecular weight excluding hydrogens is 288 g/mol. The Labute approximate surface area is 113 Å². The first-order valence-electron chi connectivity index (χ1n) is 5.18. The summed E-state index contributed by atoms with van der Waals surface area (Å²) in [5.74, 6) is -0.217. The van der Waals surface area contributed by atoms with Gasteiger partial charge in [0, 0.05) is 12.1 Å². The van der Waals surface area contributed by atoms with Gasteiger partial charge in [-0.25, -0.2) is 23.3 Å². The minimum Gasteiger partial charge on any atom is -0.423 e. The largest absolute Gasteiger partial charge is 0.423 e. The Bertz CT molecular complexity index is 762. The van der Waals surface area contributed by atoms with Crippen LogP contribution in [0.15, 0.2) is 34.7 Å². The van der Waals surface area contributed by atoms with Crippen LogP contribution >= 0.6 is 11.3 Å². The third-order valence-electron chi connectivity index (χ3n) is 2.10. The van der Waals surface area contributed by atoms with Gasteiger partial charge in [-0.2, -0.15) is 0 Å². The van der Waals surface area contributed by atoms with Crippen molar-refractivity contribution in [2.45, 2.75) is 11.3 Å². The van der Waals surface area contributed by atoms with Crippen LogP contribution in [0.25, 0.3) is 10.2 Å². The van der Waals surface area contributed by atoms with Gasteiger partial charge in [0.15, 0.2) is 0 Å². The average molecular weight is 298 g/mol. The lowest BCUT2D eigenvalue weighted by atomic mass is 10.3. The van der Waals surface area contributed by atoms with Crippen molar-refractivity contribution in [2.24, 2.45) is 5.14 Å². The average Bonchev–Trinajstić information content (AvgIpc) is 2.71. The van der Waals surface area contributed by atoms with Crippen molar-refractivity contribution >= 4 is 37.5 Å². The van der Waals surface area contributed by atoms with Gasteiger partial charge in [0.1, 0.15) is 5.75 Å². The highest BCUT2D eigenvalue weighted by Gasteiger charge is 2.15. The lowest BCUT2D eigenvalue weighted by Crippen LogP contribution is -2.11. The molecule has 0 saturated carbocycles. The zero-order valence-corrected chi connectivity index (χ0v) is 11.5. The first-order chi connectivity index (χ1) is 8.90. The normalized spacial score (nSPS) is 12.1. The predicted octanol–water partition coefficient (Wildman–Crippen LogP) is 1.43. The first-order valence-corrected chi connectivity index (χ1v) is 7.54. The molecular formula is C11H10N2O4S2. The fourth-order valence-corrected chi connectivity index (χ4v) is 2.99. The fraction of sp³-hybridized carbons (Fsp3) is 0.0909. The Balaban J connectivity index is 2.38. The number of carbonyl (C=O) groups excluding carboxylic acids is 1. The van der Waals surface area contributed by atoms with E-state index in [1.165, 1.54) is 12.1 Å². The van der Waals surface area contributed by atoms with E-state index in [0.29, 0.717) is 16.0 Å². The molecule has 2 rings (SSSR count). The summed E-state index contributed by atoms with van der Waals surface area (Å²) < 4.78 is 27.9. The second kappa shape index (κ2) is 5.08. The van der Waals surface area contributed by atoms with Crippen LogP contribution in [0.4, 0.5) is 0 Å².